The van der Waals surface area contributed by atoms with Crippen molar-refractivity contribution in [3.05, 3.63) is 33.9 Å². The quantitative estimate of drug-likeness (QED) is 0.502. The lowest BCUT2D eigenvalue weighted by molar-refractivity contribution is -0.385. The van der Waals surface area contributed by atoms with Gasteiger partial charge in [-0.1, -0.05) is 6.07 Å². The Morgan fingerprint density at radius 1 is 1.53 bits per heavy atom. The first-order chi connectivity index (χ1) is 7.06. The van der Waals surface area contributed by atoms with Crippen LogP contribution in [-0.4, -0.2) is 21.7 Å². The van der Waals surface area contributed by atoms with E-state index in [9.17, 15) is 15.2 Å². The van der Waals surface area contributed by atoms with Crippen molar-refractivity contribution >= 4 is 5.69 Å². The minimum Gasteiger partial charge on any atom is -0.502 e. The summed E-state index contributed by atoms with van der Waals surface area (Å²) in [5, 5.41) is 28.4. The molecule has 0 aliphatic carbocycles. The predicted molar refractivity (Wildman–Crippen MR) is 53.4 cm³/mol. The second kappa shape index (κ2) is 4.72. The lowest BCUT2D eigenvalue weighted by Gasteiger charge is -2.09. The Morgan fingerprint density at radius 2 is 2.20 bits per heavy atom. The van der Waals surface area contributed by atoms with Crippen LogP contribution in [0.3, 0.4) is 0 Å². The van der Waals surface area contributed by atoms with Gasteiger partial charge in [0.2, 0.25) is 0 Å². The van der Waals surface area contributed by atoms with E-state index in [0.717, 1.165) is 0 Å². The molecule has 0 aliphatic heterocycles. The lowest BCUT2D eigenvalue weighted by Crippen LogP contribution is -2.12. The lowest BCUT2D eigenvalue weighted by atomic mass is 10.0. The summed E-state index contributed by atoms with van der Waals surface area (Å²) in [5.41, 5.74) is 5.81. The van der Waals surface area contributed by atoms with E-state index in [-0.39, 0.29) is 18.0 Å². The van der Waals surface area contributed by atoms with Crippen molar-refractivity contribution in [1.82, 2.24) is 0 Å². The normalized spacial score (nSPS) is 12.4. The number of aromatic hydroxyl groups is 1. The summed E-state index contributed by atoms with van der Waals surface area (Å²) in [6.45, 7) is -0.0875. The number of benzene rings is 1. The number of aliphatic hydroxyl groups is 1. The zero-order chi connectivity index (χ0) is 11.4. The molecule has 0 heterocycles. The van der Waals surface area contributed by atoms with Crippen LogP contribution in [-0.2, 0) is 0 Å². The van der Waals surface area contributed by atoms with Crippen LogP contribution in [0.2, 0.25) is 0 Å². The summed E-state index contributed by atoms with van der Waals surface area (Å²) in [6, 6.07) is 3.48. The number of rotatable bonds is 4. The maximum Gasteiger partial charge on any atom is 0.311 e. The Kier molecular flexibility index (Phi) is 3.59. The van der Waals surface area contributed by atoms with E-state index in [1.807, 2.05) is 0 Å². The van der Waals surface area contributed by atoms with E-state index in [1.54, 1.807) is 0 Å². The smallest absolute Gasteiger partial charge is 0.311 e. The van der Waals surface area contributed by atoms with Gasteiger partial charge in [-0.2, -0.15) is 0 Å². The van der Waals surface area contributed by atoms with Gasteiger partial charge in [0.05, 0.1) is 4.92 Å². The van der Waals surface area contributed by atoms with Crippen LogP contribution in [0.25, 0.3) is 0 Å². The van der Waals surface area contributed by atoms with Gasteiger partial charge >= 0.3 is 5.69 Å². The minimum atomic E-state index is -0.676. The molecule has 0 aromatic heterocycles. The van der Waals surface area contributed by atoms with Crippen molar-refractivity contribution in [2.24, 2.45) is 5.73 Å². The average Bonchev–Trinajstić information content (AvgIpc) is 2.18. The van der Waals surface area contributed by atoms with Gasteiger partial charge in [0.15, 0.2) is 5.75 Å². The molecule has 1 aromatic rings. The Morgan fingerprint density at radius 3 is 2.73 bits per heavy atom. The molecule has 1 unspecified atom stereocenters. The summed E-state index contributed by atoms with van der Waals surface area (Å²) in [7, 11) is 0. The molecule has 0 saturated carbocycles. The Labute approximate surface area is 86.1 Å². The molecule has 0 saturated heterocycles. The summed E-state index contributed by atoms with van der Waals surface area (Å²) < 4.78 is 0. The number of nitrogens with zero attached hydrogens (tertiary/aromatic N) is 1. The minimum absolute atomic E-state index is 0.0875. The molecule has 1 rings (SSSR count). The zero-order valence-electron chi connectivity index (χ0n) is 7.96. The van der Waals surface area contributed by atoms with Gasteiger partial charge in [-0.05, 0) is 18.1 Å². The van der Waals surface area contributed by atoms with Gasteiger partial charge in [0, 0.05) is 18.7 Å². The Balaban J connectivity index is 3.02. The number of hydrogen-bond acceptors (Lipinski definition) is 5. The number of phenols is 1. The molecule has 82 valence electrons. The third-order valence-corrected chi connectivity index (χ3v) is 2.06. The van der Waals surface area contributed by atoms with Crippen molar-refractivity contribution in [1.29, 1.82) is 0 Å². The number of nitro groups is 1. The van der Waals surface area contributed by atoms with E-state index in [0.29, 0.717) is 12.0 Å². The third-order valence-electron chi connectivity index (χ3n) is 2.06. The molecule has 0 radical (unpaired) electrons. The molecule has 0 amide bonds. The predicted octanol–water partition coefficient (Wildman–Crippen LogP) is 0.683. The van der Waals surface area contributed by atoms with Crippen LogP contribution in [0.5, 0.6) is 5.75 Å². The summed E-state index contributed by atoms with van der Waals surface area (Å²) in [5.74, 6) is -0.389. The van der Waals surface area contributed by atoms with Crippen molar-refractivity contribution in [3.8, 4) is 5.75 Å². The maximum atomic E-state index is 10.5. The molecule has 6 nitrogen and oxygen atoms in total. The van der Waals surface area contributed by atoms with Crippen LogP contribution in [0.4, 0.5) is 5.69 Å². The van der Waals surface area contributed by atoms with Crippen molar-refractivity contribution in [2.45, 2.75) is 12.5 Å². The molecule has 0 spiro atoms. The largest absolute Gasteiger partial charge is 0.502 e. The second-order valence-corrected chi connectivity index (χ2v) is 3.12. The number of hydrogen-bond donors (Lipinski definition) is 3. The van der Waals surface area contributed by atoms with Crippen LogP contribution in [0.1, 0.15) is 18.0 Å². The third kappa shape index (κ3) is 2.64. The van der Waals surface area contributed by atoms with Crippen LogP contribution < -0.4 is 5.73 Å². The van der Waals surface area contributed by atoms with Crippen molar-refractivity contribution in [3.63, 3.8) is 0 Å². The van der Waals surface area contributed by atoms with Gasteiger partial charge in [-0.15, -0.1) is 0 Å². The highest BCUT2D eigenvalue weighted by molar-refractivity contribution is 5.48. The molecule has 1 atom stereocenters. The van der Waals surface area contributed by atoms with Gasteiger partial charge in [0.25, 0.3) is 0 Å². The first-order valence-corrected chi connectivity index (χ1v) is 4.40. The number of nitro benzene ring substituents is 1. The number of aliphatic hydroxyl groups excluding tert-OH is 1. The molecule has 0 fully saturated rings. The standard InChI is InChI=1S/C9H12N2O4/c10-7(3-4-12)6-1-2-9(13)8(5-6)11(14)15/h1-2,5,7,12-13H,3-4,10H2. The molecule has 15 heavy (non-hydrogen) atoms. The maximum absolute atomic E-state index is 10.5. The fraction of sp³-hybridized carbons (Fsp3) is 0.333. The van der Waals surface area contributed by atoms with Crippen LogP contribution in [0.15, 0.2) is 18.2 Å². The summed E-state index contributed by atoms with van der Waals surface area (Å²) in [4.78, 5) is 9.83. The van der Waals surface area contributed by atoms with E-state index >= 15 is 0 Å². The number of phenolic OH excluding ortho intramolecular Hbond substituents is 1. The van der Waals surface area contributed by atoms with Gasteiger partial charge < -0.3 is 15.9 Å². The molecule has 0 bridgehead atoms. The van der Waals surface area contributed by atoms with Gasteiger partial charge in [0.1, 0.15) is 0 Å². The highest BCUT2D eigenvalue weighted by atomic mass is 16.6. The fourth-order valence-corrected chi connectivity index (χ4v) is 1.22. The Bertz CT molecular complexity index is 367. The summed E-state index contributed by atoms with van der Waals surface area (Å²) in [6.07, 6.45) is 0.321. The molecule has 6 heteroatoms. The van der Waals surface area contributed by atoms with Crippen molar-refractivity contribution in [2.75, 3.05) is 6.61 Å². The van der Waals surface area contributed by atoms with E-state index in [1.165, 1.54) is 18.2 Å². The average molecular weight is 212 g/mol. The molecule has 0 aliphatic rings. The molecule has 1 aromatic carbocycles. The Hall–Kier alpha value is -1.66. The highest BCUT2D eigenvalue weighted by Crippen LogP contribution is 2.28. The van der Waals surface area contributed by atoms with E-state index in [4.69, 9.17) is 10.8 Å². The van der Waals surface area contributed by atoms with Crippen LogP contribution in [0, 0.1) is 10.1 Å². The highest BCUT2D eigenvalue weighted by Gasteiger charge is 2.16. The first-order valence-electron chi connectivity index (χ1n) is 4.40. The topological polar surface area (TPSA) is 110 Å². The second-order valence-electron chi connectivity index (χ2n) is 3.12. The fourth-order valence-electron chi connectivity index (χ4n) is 1.22. The van der Waals surface area contributed by atoms with Gasteiger partial charge in [-0.25, -0.2) is 0 Å². The SMILES string of the molecule is NC(CCO)c1ccc(O)c([N+](=O)[O-])c1. The molecular formula is C9H12N2O4. The van der Waals surface area contributed by atoms with E-state index in [2.05, 4.69) is 0 Å². The van der Waals surface area contributed by atoms with Gasteiger partial charge in [-0.3, -0.25) is 10.1 Å². The number of nitrogens with two attached hydrogens (primary N) is 1. The van der Waals surface area contributed by atoms with Crippen LogP contribution >= 0.6 is 0 Å². The first kappa shape index (κ1) is 11.4. The molecule has 4 N–H and O–H groups in total. The van der Waals surface area contributed by atoms with Crippen molar-refractivity contribution < 1.29 is 15.1 Å². The monoisotopic (exact) mass is 212 g/mol. The molecular weight excluding hydrogens is 200 g/mol. The zero-order valence-corrected chi connectivity index (χ0v) is 7.96. The van der Waals surface area contributed by atoms with E-state index < -0.39 is 11.0 Å². The summed E-state index contributed by atoms with van der Waals surface area (Å²) >= 11 is 0.